The lowest BCUT2D eigenvalue weighted by Gasteiger charge is -2.26. The molecule has 1 aliphatic rings. The highest BCUT2D eigenvalue weighted by Gasteiger charge is 2.16. The van der Waals surface area contributed by atoms with Crippen LogP contribution in [0.1, 0.15) is 10.4 Å². The monoisotopic (exact) mass is 452 g/mol. The van der Waals surface area contributed by atoms with Gasteiger partial charge < -0.3 is 20.1 Å². The molecule has 9 heteroatoms. The molecule has 3 heterocycles. The number of hydrogen-bond acceptors (Lipinski definition) is 7. The highest BCUT2D eigenvalue weighted by molar-refractivity contribution is 7.13. The SMILES string of the molecule is COc1ccc(NC(=O)c2ccc(-c3cccs3)nc2)cc1NC(=O)CN1CCOCC1. The van der Waals surface area contributed by atoms with Gasteiger partial charge in [-0.25, -0.2) is 0 Å². The zero-order valence-electron chi connectivity index (χ0n) is 17.7. The van der Waals surface area contributed by atoms with Crippen molar-refractivity contribution < 1.29 is 19.1 Å². The van der Waals surface area contributed by atoms with Gasteiger partial charge in [0.2, 0.25) is 5.91 Å². The summed E-state index contributed by atoms with van der Waals surface area (Å²) in [5.41, 5.74) is 2.31. The van der Waals surface area contributed by atoms with Crippen LogP contribution < -0.4 is 15.4 Å². The van der Waals surface area contributed by atoms with E-state index in [-0.39, 0.29) is 18.4 Å². The van der Waals surface area contributed by atoms with Gasteiger partial charge in [0.05, 0.1) is 48.7 Å². The van der Waals surface area contributed by atoms with E-state index in [1.54, 1.807) is 41.8 Å². The summed E-state index contributed by atoms with van der Waals surface area (Å²) in [6.07, 6.45) is 1.55. The van der Waals surface area contributed by atoms with Crippen LogP contribution in [0.25, 0.3) is 10.6 Å². The van der Waals surface area contributed by atoms with Crippen molar-refractivity contribution in [2.75, 3.05) is 50.6 Å². The number of aromatic nitrogens is 1. The van der Waals surface area contributed by atoms with Gasteiger partial charge in [0, 0.05) is 25.0 Å². The minimum absolute atomic E-state index is 0.151. The summed E-state index contributed by atoms with van der Waals surface area (Å²) >= 11 is 1.59. The number of nitrogens with zero attached hydrogens (tertiary/aromatic N) is 2. The first-order chi connectivity index (χ1) is 15.6. The molecule has 1 fully saturated rings. The van der Waals surface area contributed by atoms with Crippen LogP contribution >= 0.6 is 11.3 Å². The second kappa shape index (κ2) is 10.4. The van der Waals surface area contributed by atoms with E-state index in [1.165, 1.54) is 7.11 Å². The fourth-order valence-electron chi connectivity index (χ4n) is 3.34. The Kier molecular flexibility index (Phi) is 7.10. The highest BCUT2D eigenvalue weighted by atomic mass is 32.1. The van der Waals surface area contributed by atoms with Crippen molar-refractivity contribution in [2.24, 2.45) is 0 Å². The molecule has 166 valence electrons. The van der Waals surface area contributed by atoms with Gasteiger partial charge in [-0.2, -0.15) is 0 Å². The van der Waals surface area contributed by atoms with Crippen molar-refractivity contribution in [3.8, 4) is 16.3 Å². The van der Waals surface area contributed by atoms with Crippen molar-refractivity contribution in [1.29, 1.82) is 0 Å². The first-order valence-corrected chi connectivity index (χ1v) is 11.1. The molecule has 1 saturated heterocycles. The van der Waals surface area contributed by atoms with Gasteiger partial charge in [0.15, 0.2) is 0 Å². The normalized spacial score (nSPS) is 14.0. The van der Waals surface area contributed by atoms with Crippen LogP contribution in [-0.4, -0.2) is 61.7 Å². The number of thiophene rings is 1. The second-order valence-corrected chi connectivity index (χ2v) is 8.16. The number of morpholine rings is 1. The van der Waals surface area contributed by atoms with Crippen molar-refractivity contribution in [1.82, 2.24) is 9.88 Å². The number of amides is 2. The lowest BCUT2D eigenvalue weighted by atomic mass is 10.2. The zero-order valence-corrected chi connectivity index (χ0v) is 18.5. The van der Waals surface area contributed by atoms with E-state index in [9.17, 15) is 9.59 Å². The average Bonchev–Trinajstić information content (AvgIpc) is 3.35. The smallest absolute Gasteiger partial charge is 0.257 e. The number of benzene rings is 1. The summed E-state index contributed by atoms with van der Waals surface area (Å²) in [5.74, 6) is 0.0772. The van der Waals surface area contributed by atoms with Crippen molar-refractivity contribution in [2.45, 2.75) is 0 Å². The van der Waals surface area contributed by atoms with Crippen LogP contribution in [0, 0.1) is 0 Å². The number of nitrogens with one attached hydrogen (secondary N) is 2. The minimum Gasteiger partial charge on any atom is -0.495 e. The third-order valence-electron chi connectivity index (χ3n) is 5.00. The van der Waals surface area contributed by atoms with Gasteiger partial charge in [-0.05, 0) is 41.8 Å². The molecule has 0 aliphatic carbocycles. The molecule has 1 aliphatic heterocycles. The minimum atomic E-state index is -0.286. The Hall–Kier alpha value is -3.27. The van der Waals surface area contributed by atoms with Crippen LogP contribution in [0.15, 0.2) is 54.0 Å². The van der Waals surface area contributed by atoms with E-state index in [1.807, 2.05) is 28.5 Å². The Labute approximate surface area is 190 Å². The third kappa shape index (κ3) is 5.50. The molecule has 32 heavy (non-hydrogen) atoms. The van der Waals surface area contributed by atoms with Crippen molar-refractivity contribution in [3.63, 3.8) is 0 Å². The van der Waals surface area contributed by atoms with Gasteiger partial charge >= 0.3 is 0 Å². The van der Waals surface area contributed by atoms with Gasteiger partial charge in [-0.1, -0.05) is 6.07 Å². The first-order valence-electron chi connectivity index (χ1n) is 10.2. The molecule has 2 amide bonds. The first kappa shape index (κ1) is 21.9. The van der Waals surface area contributed by atoms with Crippen LogP contribution in [-0.2, 0) is 9.53 Å². The largest absolute Gasteiger partial charge is 0.495 e. The zero-order chi connectivity index (χ0) is 22.3. The number of ether oxygens (including phenoxy) is 2. The fourth-order valence-corrected chi connectivity index (χ4v) is 4.04. The van der Waals surface area contributed by atoms with Crippen LogP contribution in [0.2, 0.25) is 0 Å². The molecule has 0 saturated carbocycles. The molecule has 2 aromatic heterocycles. The van der Waals surface area contributed by atoms with E-state index < -0.39 is 0 Å². The molecule has 0 spiro atoms. The standard InChI is InChI=1S/C23H24N4O4S/c1-30-20-7-5-17(13-19(20)26-22(28)15-27-8-10-31-11-9-27)25-23(29)16-4-6-18(24-14-16)21-3-2-12-32-21/h2-7,12-14H,8-11,15H2,1H3,(H,25,29)(H,26,28). The lowest BCUT2D eigenvalue weighted by molar-refractivity contribution is -0.118. The van der Waals surface area contributed by atoms with E-state index in [0.29, 0.717) is 35.9 Å². The molecule has 0 radical (unpaired) electrons. The maximum Gasteiger partial charge on any atom is 0.257 e. The molecule has 1 aromatic carbocycles. The number of rotatable bonds is 7. The molecule has 0 atom stereocenters. The Balaban J connectivity index is 1.42. The Morgan fingerprint density at radius 3 is 2.69 bits per heavy atom. The molecular formula is C23H24N4O4S. The maximum atomic E-state index is 12.7. The van der Waals surface area contributed by atoms with Crippen LogP contribution in [0.4, 0.5) is 11.4 Å². The molecule has 2 N–H and O–H groups in total. The highest BCUT2D eigenvalue weighted by Crippen LogP contribution is 2.28. The third-order valence-corrected chi connectivity index (χ3v) is 5.89. The number of anilines is 2. The predicted octanol–water partition coefficient (Wildman–Crippen LogP) is 3.34. The van der Waals surface area contributed by atoms with Gasteiger partial charge in [0.25, 0.3) is 5.91 Å². The predicted molar refractivity (Wildman–Crippen MR) is 124 cm³/mol. The number of carbonyl (C=O) groups excluding carboxylic acids is 2. The quantitative estimate of drug-likeness (QED) is 0.571. The van der Waals surface area contributed by atoms with E-state index in [2.05, 4.69) is 15.6 Å². The Morgan fingerprint density at radius 1 is 1.16 bits per heavy atom. The average molecular weight is 453 g/mol. The number of pyridine rings is 1. The van der Waals surface area contributed by atoms with E-state index in [4.69, 9.17) is 9.47 Å². The van der Waals surface area contributed by atoms with Crippen molar-refractivity contribution in [3.05, 3.63) is 59.6 Å². The van der Waals surface area contributed by atoms with Crippen LogP contribution in [0.5, 0.6) is 5.75 Å². The summed E-state index contributed by atoms with van der Waals surface area (Å²) in [6.45, 7) is 2.97. The van der Waals surface area contributed by atoms with Gasteiger partial charge in [-0.3, -0.25) is 19.5 Å². The molecule has 0 unspecified atom stereocenters. The van der Waals surface area contributed by atoms with Crippen molar-refractivity contribution >= 4 is 34.5 Å². The number of carbonyl (C=O) groups is 2. The fraction of sp³-hybridized carbons (Fsp3) is 0.261. The number of hydrogen-bond donors (Lipinski definition) is 2. The Bertz CT molecular complexity index is 1060. The number of methoxy groups -OCH3 is 1. The van der Waals surface area contributed by atoms with Gasteiger partial charge in [0.1, 0.15) is 5.75 Å². The topological polar surface area (TPSA) is 92.8 Å². The second-order valence-electron chi connectivity index (χ2n) is 7.22. The maximum absolute atomic E-state index is 12.7. The molecule has 8 nitrogen and oxygen atoms in total. The molecule has 0 bridgehead atoms. The molecular weight excluding hydrogens is 428 g/mol. The Morgan fingerprint density at radius 2 is 2.00 bits per heavy atom. The lowest BCUT2D eigenvalue weighted by Crippen LogP contribution is -2.41. The summed E-state index contributed by atoms with van der Waals surface area (Å²) < 4.78 is 10.7. The summed E-state index contributed by atoms with van der Waals surface area (Å²) in [6, 6.07) is 12.6. The summed E-state index contributed by atoms with van der Waals surface area (Å²) in [4.78, 5) is 32.6. The molecule has 4 rings (SSSR count). The summed E-state index contributed by atoms with van der Waals surface area (Å²) in [5, 5.41) is 7.71. The van der Waals surface area contributed by atoms with E-state index >= 15 is 0 Å². The van der Waals surface area contributed by atoms with Gasteiger partial charge in [-0.15, -0.1) is 11.3 Å². The summed E-state index contributed by atoms with van der Waals surface area (Å²) in [7, 11) is 1.53. The molecule has 3 aromatic rings. The van der Waals surface area contributed by atoms with Crippen LogP contribution in [0.3, 0.4) is 0 Å². The van der Waals surface area contributed by atoms with E-state index in [0.717, 1.165) is 23.7 Å².